The number of hydrogen-bond acceptors (Lipinski definition) is 3. The van der Waals surface area contributed by atoms with Crippen LogP contribution in [0.4, 0.5) is 10.5 Å². The van der Waals surface area contributed by atoms with Gasteiger partial charge in [-0.2, -0.15) is 0 Å². The van der Waals surface area contributed by atoms with Crippen molar-refractivity contribution in [2.75, 3.05) is 18.5 Å². The molecule has 2 amide bonds. The number of rotatable bonds is 7. The zero-order chi connectivity index (χ0) is 19.6. The zero-order valence-electron chi connectivity index (χ0n) is 16.8. The molecule has 0 atom stereocenters. The Balaban J connectivity index is 1.34. The van der Waals surface area contributed by atoms with Crippen LogP contribution in [-0.2, 0) is 4.74 Å². The van der Waals surface area contributed by atoms with Gasteiger partial charge in [0.1, 0.15) is 0 Å². The number of esters is 1. The van der Waals surface area contributed by atoms with Gasteiger partial charge in [-0.25, -0.2) is 9.59 Å². The van der Waals surface area contributed by atoms with Crippen LogP contribution in [0.3, 0.4) is 0 Å². The van der Waals surface area contributed by atoms with Crippen molar-refractivity contribution in [3.05, 3.63) is 29.8 Å². The van der Waals surface area contributed by atoms with E-state index >= 15 is 0 Å². The predicted octanol–water partition coefficient (Wildman–Crippen LogP) is 4.98. The Kier molecular flexibility index (Phi) is 5.61. The first-order valence-electron chi connectivity index (χ1n) is 10.9. The topological polar surface area (TPSA) is 67.4 Å². The van der Waals surface area contributed by atoms with Gasteiger partial charge in [-0.3, -0.25) is 0 Å². The largest absolute Gasteiger partial charge is 0.462 e. The van der Waals surface area contributed by atoms with Crippen molar-refractivity contribution in [1.29, 1.82) is 0 Å². The molecule has 28 heavy (non-hydrogen) atoms. The molecule has 5 nitrogen and oxygen atoms in total. The lowest BCUT2D eigenvalue weighted by molar-refractivity contribution is -0.0496. The van der Waals surface area contributed by atoms with Gasteiger partial charge in [0.05, 0.1) is 17.9 Å². The van der Waals surface area contributed by atoms with E-state index in [0.717, 1.165) is 37.1 Å². The average molecular weight is 385 g/mol. The molecule has 4 aliphatic rings. The van der Waals surface area contributed by atoms with E-state index in [4.69, 9.17) is 4.74 Å². The summed E-state index contributed by atoms with van der Waals surface area (Å²) in [6.07, 6.45) is 9.81. The minimum Gasteiger partial charge on any atom is -0.462 e. The van der Waals surface area contributed by atoms with Crippen LogP contribution in [0, 0.1) is 23.2 Å². The minimum absolute atomic E-state index is 0.232. The fourth-order valence-corrected chi connectivity index (χ4v) is 6.10. The summed E-state index contributed by atoms with van der Waals surface area (Å²) in [4.78, 5) is 24.9. The molecule has 0 unspecified atom stereocenters. The molecule has 0 radical (unpaired) electrons. The van der Waals surface area contributed by atoms with E-state index in [1.807, 2.05) is 6.07 Å². The van der Waals surface area contributed by atoms with E-state index in [1.54, 1.807) is 18.2 Å². The fraction of sp³-hybridized carbons (Fsp3) is 0.652. The van der Waals surface area contributed by atoms with Gasteiger partial charge >= 0.3 is 12.0 Å². The van der Waals surface area contributed by atoms with Crippen molar-refractivity contribution < 1.29 is 14.3 Å². The smallest absolute Gasteiger partial charge is 0.340 e. The van der Waals surface area contributed by atoms with Crippen molar-refractivity contribution in [3.63, 3.8) is 0 Å². The summed E-state index contributed by atoms with van der Waals surface area (Å²) in [5.74, 6) is 2.23. The second kappa shape index (κ2) is 8.14. The Bertz CT molecular complexity index is 695. The van der Waals surface area contributed by atoms with Crippen LogP contribution in [0.15, 0.2) is 24.3 Å². The van der Waals surface area contributed by atoms with Crippen LogP contribution in [0.25, 0.3) is 0 Å². The van der Waals surface area contributed by atoms with Crippen LogP contribution in [-0.4, -0.2) is 25.2 Å². The Labute approximate surface area is 167 Å². The molecule has 5 heteroatoms. The van der Waals surface area contributed by atoms with Crippen molar-refractivity contribution in [3.8, 4) is 0 Å². The number of unbranched alkanes of at least 4 members (excludes halogenated alkanes) is 1. The van der Waals surface area contributed by atoms with Crippen LogP contribution in [0.2, 0.25) is 0 Å². The summed E-state index contributed by atoms with van der Waals surface area (Å²) in [6.45, 7) is 3.20. The summed E-state index contributed by atoms with van der Waals surface area (Å²) in [6, 6.07) is 6.82. The van der Waals surface area contributed by atoms with Gasteiger partial charge in [0, 0.05) is 6.54 Å². The van der Waals surface area contributed by atoms with Gasteiger partial charge in [0.25, 0.3) is 0 Å². The maximum Gasteiger partial charge on any atom is 0.340 e. The summed E-state index contributed by atoms with van der Waals surface area (Å²) in [5.41, 5.74) is 1.21. The third-order valence-electron chi connectivity index (χ3n) is 6.92. The number of urea groups is 1. The van der Waals surface area contributed by atoms with Gasteiger partial charge in [-0.05, 0) is 80.2 Å². The number of anilines is 1. The Hall–Kier alpha value is -2.04. The number of carbonyl (C=O) groups is 2. The molecular weight excluding hydrogens is 352 g/mol. The van der Waals surface area contributed by atoms with Crippen LogP contribution >= 0.6 is 0 Å². The number of carbonyl (C=O) groups excluding carboxylic acids is 2. The van der Waals surface area contributed by atoms with Crippen LogP contribution in [0.5, 0.6) is 0 Å². The highest BCUT2D eigenvalue weighted by Gasteiger charge is 2.50. The van der Waals surface area contributed by atoms with E-state index in [0.29, 0.717) is 23.3 Å². The van der Waals surface area contributed by atoms with E-state index in [-0.39, 0.29) is 12.0 Å². The fourth-order valence-electron chi connectivity index (χ4n) is 6.10. The second-order valence-electron chi connectivity index (χ2n) is 9.26. The molecule has 1 aromatic rings. The first-order valence-corrected chi connectivity index (χ1v) is 10.9. The van der Waals surface area contributed by atoms with Crippen molar-refractivity contribution >= 4 is 17.7 Å². The second-order valence-corrected chi connectivity index (χ2v) is 9.26. The molecule has 4 fully saturated rings. The number of amides is 2. The Morgan fingerprint density at radius 1 is 1.07 bits per heavy atom. The average Bonchev–Trinajstić information content (AvgIpc) is 2.66. The normalized spacial score (nSPS) is 30.1. The number of hydrogen-bond donors (Lipinski definition) is 2. The standard InChI is InChI=1S/C23H32N2O3/c1-2-3-8-28-21(26)19-6-4-5-7-20(19)25-22(27)24-15-23-12-16-9-17(13-23)11-18(10-16)14-23/h4-7,16-18H,2-3,8-15H2,1H3,(H2,24,25,27). The molecule has 1 aromatic carbocycles. The Morgan fingerprint density at radius 2 is 1.71 bits per heavy atom. The first kappa shape index (κ1) is 19.3. The zero-order valence-corrected chi connectivity index (χ0v) is 16.8. The van der Waals surface area contributed by atoms with E-state index in [1.165, 1.54) is 38.5 Å². The van der Waals surface area contributed by atoms with E-state index in [2.05, 4.69) is 17.6 Å². The molecule has 0 saturated heterocycles. The van der Waals surface area contributed by atoms with Crippen LogP contribution in [0.1, 0.15) is 68.6 Å². The lowest BCUT2D eigenvalue weighted by Gasteiger charge is -2.56. The molecule has 5 rings (SSSR count). The molecule has 4 aliphatic carbocycles. The summed E-state index contributed by atoms with van der Waals surface area (Å²) < 4.78 is 5.30. The van der Waals surface area contributed by atoms with E-state index < -0.39 is 0 Å². The molecule has 152 valence electrons. The summed E-state index contributed by atoms with van der Waals surface area (Å²) >= 11 is 0. The molecule has 0 heterocycles. The highest BCUT2D eigenvalue weighted by molar-refractivity contribution is 6.00. The Morgan fingerprint density at radius 3 is 2.36 bits per heavy atom. The highest BCUT2D eigenvalue weighted by atomic mass is 16.5. The molecule has 0 aromatic heterocycles. The predicted molar refractivity (Wildman–Crippen MR) is 109 cm³/mol. The van der Waals surface area contributed by atoms with Gasteiger partial charge in [-0.1, -0.05) is 25.5 Å². The van der Waals surface area contributed by atoms with Crippen LogP contribution < -0.4 is 10.6 Å². The number of nitrogens with one attached hydrogen (secondary N) is 2. The van der Waals surface area contributed by atoms with Crippen molar-refractivity contribution in [1.82, 2.24) is 5.32 Å². The first-order chi connectivity index (χ1) is 13.6. The number of ether oxygens (including phenoxy) is 1. The number of benzene rings is 1. The third-order valence-corrected chi connectivity index (χ3v) is 6.92. The van der Waals surface area contributed by atoms with Crippen molar-refractivity contribution in [2.24, 2.45) is 23.2 Å². The molecule has 0 spiro atoms. The molecular formula is C23H32N2O3. The highest BCUT2D eigenvalue weighted by Crippen LogP contribution is 2.59. The molecule has 2 N–H and O–H groups in total. The molecule has 4 saturated carbocycles. The van der Waals surface area contributed by atoms with Crippen molar-refractivity contribution in [2.45, 2.75) is 58.3 Å². The minimum atomic E-state index is -0.384. The number of para-hydroxylation sites is 1. The van der Waals surface area contributed by atoms with Gasteiger partial charge in [0.2, 0.25) is 0 Å². The summed E-state index contributed by atoms with van der Waals surface area (Å²) in [5, 5.41) is 5.97. The SMILES string of the molecule is CCCCOC(=O)c1ccccc1NC(=O)NCC12CC3CC(CC(C3)C1)C2. The maximum absolute atomic E-state index is 12.6. The van der Waals surface area contributed by atoms with E-state index in [9.17, 15) is 9.59 Å². The van der Waals surface area contributed by atoms with Gasteiger partial charge < -0.3 is 15.4 Å². The maximum atomic E-state index is 12.6. The quantitative estimate of drug-likeness (QED) is 0.514. The summed E-state index contributed by atoms with van der Waals surface area (Å²) in [7, 11) is 0. The third kappa shape index (κ3) is 4.18. The monoisotopic (exact) mass is 384 g/mol. The lowest BCUT2D eigenvalue weighted by Crippen LogP contribution is -2.51. The molecule has 4 bridgehead atoms. The molecule has 0 aliphatic heterocycles. The van der Waals surface area contributed by atoms with Gasteiger partial charge in [-0.15, -0.1) is 0 Å². The lowest BCUT2D eigenvalue weighted by atomic mass is 9.49. The van der Waals surface area contributed by atoms with Gasteiger partial charge in [0.15, 0.2) is 0 Å².